The molecule has 35 heavy (non-hydrogen) atoms. The van der Waals surface area contributed by atoms with E-state index in [4.69, 9.17) is 10.5 Å². The Bertz CT molecular complexity index is 1490. The average molecular weight is 480 g/mol. The van der Waals surface area contributed by atoms with E-state index in [1.54, 1.807) is 17.9 Å². The number of pyridine rings is 1. The summed E-state index contributed by atoms with van der Waals surface area (Å²) in [5.74, 6) is -0.888. The lowest BCUT2D eigenvalue weighted by Crippen LogP contribution is -2.32. The molecule has 11 heteroatoms. The van der Waals surface area contributed by atoms with Crippen molar-refractivity contribution in [3.63, 3.8) is 0 Å². The molecule has 1 aliphatic heterocycles. The van der Waals surface area contributed by atoms with Crippen LogP contribution >= 0.6 is 0 Å². The van der Waals surface area contributed by atoms with Gasteiger partial charge in [0.15, 0.2) is 0 Å². The van der Waals surface area contributed by atoms with Crippen molar-refractivity contribution in [2.45, 2.75) is 18.7 Å². The molecule has 1 saturated carbocycles. The van der Waals surface area contributed by atoms with Crippen molar-refractivity contribution >= 4 is 16.9 Å². The van der Waals surface area contributed by atoms with E-state index in [9.17, 15) is 18.0 Å². The minimum absolute atomic E-state index is 0.0207. The molecule has 4 aromatic rings. The molecule has 3 unspecified atom stereocenters. The van der Waals surface area contributed by atoms with Crippen LogP contribution in [0.3, 0.4) is 0 Å². The van der Waals surface area contributed by atoms with Crippen LogP contribution in [0.15, 0.2) is 48.9 Å². The number of rotatable bonds is 4. The molecule has 178 valence electrons. The van der Waals surface area contributed by atoms with Gasteiger partial charge in [0.05, 0.1) is 28.8 Å². The number of aryl methyl sites for hydroxylation is 1. The summed E-state index contributed by atoms with van der Waals surface area (Å²) < 4.78 is 49.7. The Morgan fingerprint density at radius 3 is 2.66 bits per heavy atom. The lowest BCUT2D eigenvalue weighted by atomic mass is 9.91. The van der Waals surface area contributed by atoms with Gasteiger partial charge in [-0.2, -0.15) is 18.3 Å². The molecule has 0 radical (unpaired) electrons. The fourth-order valence-electron chi connectivity index (χ4n) is 5.09. The first-order chi connectivity index (χ1) is 16.7. The van der Waals surface area contributed by atoms with Gasteiger partial charge in [0.25, 0.3) is 0 Å². The highest BCUT2D eigenvalue weighted by atomic mass is 19.4. The Labute approximate surface area is 197 Å². The third-order valence-corrected chi connectivity index (χ3v) is 6.87. The van der Waals surface area contributed by atoms with Crippen LogP contribution in [-0.2, 0) is 22.8 Å². The van der Waals surface area contributed by atoms with Crippen LogP contribution in [0.25, 0.3) is 33.5 Å². The Morgan fingerprint density at radius 2 is 1.97 bits per heavy atom. The molecule has 1 saturated heterocycles. The van der Waals surface area contributed by atoms with Crippen molar-refractivity contribution in [3.05, 3.63) is 60.2 Å². The van der Waals surface area contributed by atoms with E-state index < -0.39 is 29.2 Å². The highest BCUT2D eigenvalue weighted by Gasteiger charge is 2.70. The highest BCUT2D eigenvalue weighted by Crippen LogP contribution is 2.66. The zero-order valence-corrected chi connectivity index (χ0v) is 18.5. The quantitative estimate of drug-likeness (QED) is 0.477. The Balaban J connectivity index is 1.60. The van der Waals surface area contributed by atoms with Gasteiger partial charge in [-0.25, -0.2) is 15.0 Å². The summed E-state index contributed by atoms with van der Waals surface area (Å²) in [6.45, 7) is 0.156. The van der Waals surface area contributed by atoms with Gasteiger partial charge in [-0.15, -0.1) is 0 Å². The first kappa shape index (κ1) is 21.7. The monoisotopic (exact) mass is 480 g/mol. The lowest BCUT2D eigenvalue weighted by Gasteiger charge is -2.23. The number of alkyl halides is 3. The average Bonchev–Trinajstić information content (AvgIpc) is 3.25. The lowest BCUT2D eigenvalue weighted by molar-refractivity contribution is -0.141. The standard InChI is InChI=1S/C24H19F3N6O2/c1-33-9-14(17(32-33)12-5-3-2-4-6-12)18-20-16(29-11-30-18)7-15(24(25,26)27)19(31-20)21-23(22(28)34)8-13(23)10-35-21/h2-7,9,11,13,21H,8,10H2,1H3,(H2,28,34). The Morgan fingerprint density at radius 1 is 1.20 bits per heavy atom. The molecule has 0 spiro atoms. The zero-order valence-electron chi connectivity index (χ0n) is 18.5. The fraction of sp³-hybridized carbons (Fsp3) is 0.292. The number of amides is 1. The van der Waals surface area contributed by atoms with Gasteiger partial charge < -0.3 is 10.5 Å². The van der Waals surface area contributed by atoms with E-state index in [2.05, 4.69) is 20.1 Å². The smallest absolute Gasteiger partial charge is 0.370 e. The molecule has 1 aliphatic carbocycles. The highest BCUT2D eigenvalue weighted by molar-refractivity contribution is 5.94. The number of primary amides is 1. The van der Waals surface area contributed by atoms with Gasteiger partial charge >= 0.3 is 6.18 Å². The molecule has 4 heterocycles. The number of nitrogens with zero attached hydrogens (tertiary/aromatic N) is 5. The van der Waals surface area contributed by atoms with E-state index in [-0.39, 0.29) is 29.3 Å². The Hall–Kier alpha value is -3.86. The summed E-state index contributed by atoms with van der Waals surface area (Å²) >= 11 is 0. The van der Waals surface area contributed by atoms with Crippen LogP contribution < -0.4 is 5.73 Å². The fourth-order valence-corrected chi connectivity index (χ4v) is 5.09. The first-order valence-electron chi connectivity index (χ1n) is 10.9. The number of halogens is 3. The molecule has 3 atom stereocenters. The maximum Gasteiger partial charge on any atom is 0.418 e. The van der Waals surface area contributed by atoms with E-state index in [0.717, 1.165) is 11.6 Å². The maximum absolute atomic E-state index is 14.1. The minimum Gasteiger partial charge on any atom is -0.370 e. The largest absolute Gasteiger partial charge is 0.418 e. The molecule has 2 N–H and O–H groups in total. The molecular weight excluding hydrogens is 461 g/mol. The summed E-state index contributed by atoms with van der Waals surface area (Å²) in [6, 6.07) is 10.3. The molecular formula is C24H19F3N6O2. The topological polar surface area (TPSA) is 109 Å². The molecule has 0 bridgehead atoms. The predicted octanol–water partition coefficient (Wildman–Crippen LogP) is 3.67. The molecule has 8 nitrogen and oxygen atoms in total. The second-order valence-electron chi connectivity index (χ2n) is 8.96. The van der Waals surface area contributed by atoms with Crippen molar-refractivity contribution in [1.29, 1.82) is 0 Å². The van der Waals surface area contributed by atoms with Crippen molar-refractivity contribution in [3.8, 4) is 22.5 Å². The zero-order chi connectivity index (χ0) is 24.5. The van der Waals surface area contributed by atoms with Gasteiger partial charge in [-0.05, 0) is 12.5 Å². The molecule has 3 aromatic heterocycles. The number of benzene rings is 1. The molecule has 6 rings (SSSR count). The number of hydrogen-bond acceptors (Lipinski definition) is 6. The van der Waals surface area contributed by atoms with Crippen molar-refractivity contribution < 1.29 is 22.7 Å². The van der Waals surface area contributed by atoms with E-state index in [1.165, 1.54) is 6.33 Å². The van der Waals surface area contributed by atoms with Crippen LogP contribution in [0.4, 0.5) is 13.2 Å². The number of ether oxygens (including phenoxy) is 1. The molecule has 2 aliphatic rings. The van der Waals surface area contributed by atoms with Gasteiger partial charge in [0.2, 0.25) is 5.91 Å². The summed E-state index contributed by atoms with van der Waals surface area (Å²) in [5.41, 5.74) is 5.58. The van der Waals surface area contributed by atoms with Gasteiger partial charge in [-0.3, -0.25) is 9.48 Å². The third-order valence-electron chi connectivity index (χ3n) is 6.87. The number of fused-ring (bicyclic) bond motifs is 2. The van der Waals surface area contributed by atoms with E-state index >= 15 is 0 Å². The minimum atomic E-state index is -4.74. The molecule has 1 amide bonds. The van der Waals surface area contributed by atoms with E-state index in [0.29, 0.717) is 23.4 Å². The summed E-state index contributed by atoms with van der Waals surface area (Å²) in [5, 5.41) is 4.54. The third kappa shape index (κ3) is 3.22. The van der Waals surface area contributed by atoms with Crippen molar-refractivity contribution in [2.24, 2.45) is 24.1 Å². The number of carbonyl (C=O) groups is 1. The van der Waals surface area contributed by atoms with Crippen LogP contribution in [0.1, 0.15) is 23.8 Å². The second kappa shape index (κ2) is 7.32. The molecule has 1 aromatic carbocycles. The summed E-state index contributed by atoms with van der Waals surface area (Å²) in [6.07, 6.45) is -2.61. The number of hydrogen-bond donors (Lipinski definition) is 1. The maximum atomic E-state index is 14.1. The van der Waals surface area contributed by atoms with Crippen molar-refractivity contribution in [1.82, 2.24) is 24.7 Å². The molecule has 2 fully saturated rings. The van der Waals surface area contributed by atoms with Gasteiger partial charge in [0, 0.05) is 30.3 Å². The number of aromatic nitrogens is 5. The van der Waals surface area contributed by atoms with Crippen LogP contribution in [0, 0.1) is 11.3 Å². The first-order valence-corrected chi connectivity index (χ1v) is 10.9. The number of nitrogens with two attached hydrogens (primary N) is 1. The van der Waals surface area contributed by atoms with Crippen molar-refractivity contribution in [2.75, 3.05) is 6.61 Å². The predicted molar refractivity (Wildman–Crippen MR) is 118 cm³/mol. The summed E-state index contributed by atoms with van der Waals surface area (Å²) in [4.78, 5) is 25.1. The van der Waals surface area contributed by atoms with Crippen LogP contribution in [0.2, 0.25) is 0 Å². The van der Waals surface area contributed by atoms with Crippen LogP contribution in [0.5, 0.6) is 0 Å². The second-order valence-corrected chi connectivity index (χ2v) is 8.96. The van der Waals surface area contributed by atoms with E-state index in [1.807, 2.05) is 30.3 Å². The Kier molecular flexibility index (Phi) is 4.53. The van der Waals surface area contributed by atoms with Crippen LogP contribution in [-0.4, -0.2) is 37.2 Å². The SMILES string of the molecule is Cn1cc(-c2ncnc3cc(C(F)(F)F)c(C4OCC5CC54C(N)=O)nc23)c(-c2ccccc2)n1. The summed E-state index contributed by atoms with van der Waals surface area (Å²) in [7, 11) is 1.75. The normalized spacial score (nSPS) is 23.4. The van der Waals surface area contributed by atoms with Gasteiger partial charge in [-0.1, -0.05) is 30.3 Å². The van der Waals surface area contributed by atoms with Gasteiger partial charge in [0.1, 0.15) is 29.3 Å². The number of carbonyl (C=O) groups excluding carboxylic acids is 1.